The Balaban J connectivity index is 2.68. The molecule has 0 fully saturated rings. The van der Waals surface area contributed by atoms with Crippen LogP contribution in [0.1, 0.15) is 25.3 Å². The lowest BCUT2D eigenvalue weighted by atomic mass is 10.1. The first kappa shape index (κ1) is 14.7. The number of halogens is 1. The molecular formula is C13H15BrN2O2. The third-order valence-electron chi connectivity index (χ3n) is 2.56. The van der Waals surface area contributed by atoms with Crippen LogP contribution in [-0.2, 0) is 6.54 Å². The number of benzene rings is 1. The lowest BCUT2D eigenvalue weighted by Gasteiger charge is -2.12. The van der Waals surface area contributed by atoms with Gasteiger partial charge in [0.05, 0.1) is 11.0 Å². The van der Waals surface area contributed by atoms with Crippen molar-refractivity contribution in [2.45, 2.75) is 32.4 Å². The van der Waals surface area contributed by atoms with Gasteiger partial charge in [-0.05, 0) is 18.1 Å². The Morgan fingerprint density at radius 3 is 2.83 bits per heavy atom. The van der Waals surface area contributed by atoms with E-state index in [1.807, 2.05) is 0 Å². The first-order chi connectivity index (χ1) is 8.58. The molecule has 0 saturated carbocycles. The van der Waals surface area contributed by atoms with Crippen LogP contribution in [-0.4, -0.2) is 11.0 Å². The molecule has 18 heavy (non-hydrogen) atoms. The third kappa shape index (κ3) is 4.13. The van der Waals surface area contributed by atoms with Crippen molar-refractivity contribution in [3.05, 3.63) is 38.3 Å². The van der Waals surface area contributed by atoms with E-state index in [1.165, 1.54) is 12.1 Å². The van der Waals surface area contributed by atoms with Gasteiger partial charge in [0.25, 0.3) is 5.69 Å². The lowest BCUT2D eigenvalue weighted by Crippen LogP contribution is -2.26. The number of nitro benzene ring substituents is 1. The fourth-order valence-corrected chi connectivity index (χ4v) is 2.07. The molecule has 0 heterocycles. The van der Waals surface area contributed by atoms with Crippen molar-refractivity contribution >= 4 is 21.6 Å². The van der Waals surface area contributed by atoms with Crippen molar-refractivity contribution in [1.82, 2.24) is 5.32 Å². The number of hydrogen-bond acceptors (Lipinski definition) is 3. The average Bonchev–Trinajstić information content (AvgIpc) is 2.35. The van der Waals surface area contributed by atoms with Gasteiger partial charge in [-0.3, -0.25) is 15.4 Å². The van der Waals surface area contributed by atoms with Crippen molar-refractivity contribution < 1.29 is 4.92 Å². The smallest absolute Gasteiger partial charge is 0.270 e. The maximum absolute atomic E-state index is 10.6. The Hall–Kier alpha value is -1.38. The van der Waals surface area contributed by atoms with Gasteiger partial charge in [-0.1, -0.05) is 35.2 Å². The fraction of sp³-hybridized carbons (Fsp3) is 0.385. The van der Waals surface area contributed by atoms with E-state index in [-0.39, 0.29) is 11.7 Å². The highest BCUT2D eigenvalue weighted by Crippen LogP contribution is 2.23. The molecule has 1 aromatic carbocycles. The summed E-state index contributed by atoms with van der Waals surface area (Å²) in [4.78, 5) is 10.2. The van der Waals surface area contributed by atoms with Gasteiger partial charge in [0.15, 0.2) is 0 Å². The van der Waals surface area contributed by atoms with Gasteiger partial charge in [0.2, 0.25) is 0 Å². The van der Waals surface area contributed by atoms with Crippen molar-refractivity contribution in [2.75, 3.05) is 0 Å². The van der Waals surface area contributed by atoms with Crippen molar-refractivity contribution in [3.8, 4) is 12.3 Å². The monoisotopic (exact) mass is 310 g/mol. The summed E-state index contributed by atoms with van der Waals surface area (Å²) in [5, 5.41) is 13.8. The molecule has 0 bridgehead atoms. The Bertz CT molecular complexity index is 469. The van der Waals surface area contributed by atoms with Gasteiger partial charge in [-0.2, -0.15) is 0 Å². The molecule has 1 aromatic rings. The Morgan fingerprint density at radius 1 is 1.61 bits per heavy atom. The second-order valence-corrected chi connectivity index (χ2v) is 4.78. The molecular weight excluding hydrogens is 296 g/mol. The maximum Gasteiger partial charge on any atom is 0.270 e. The lowest BCUT2D eigenvalue weighted by molar-refractivity contribution is -0.384. The van der Waals surface area contributed by atoms with Gasteiger partial charge in [0.1, 0.15) is 0 Å². The highest BCUT2D eigenvalue weighted by molar-refractivity contribution is 9.10. The molecule has 1 atom stereocenters. The van der Waals surface area contributed by atoms with E-state index in [2.05, 4.69) is 34.1 Å². The quantitative estimate of drug-likeness (QED) is 0.498. The van der Waals surface area contributed by atoms with E-state index in [1.54, 1.807) is 6.07 Å². The SMILES string of the molecule is C#CC(CCC)NCc1ccc([N+](=O)[O-])cc1Br. The minimum atomic E-state index is -0.413. The van der Waals surface area contributed by atoms with Crippen LogP contribution in [0.3, 0.4) is 0 Å². The predicted molar refractivity (Wildman–Crippen MR) is 75.2 cm³/mol. The number of nitrogens with zero attached hydrogens (tertiary/aromatic N) is 1. The van der Waals surface area contributed by atoms with Gasteiger partial charge in [0, 0.05) is 23.2 Å². The highest BCUT2D eigenvalue weighted by Gasteiger charge is 2.10. The van der Waals surface area contributed by atoms with E-state index < -0.39 is 4.92 Å². The number of hydrogen-bond donors (Lipinski definition) is 1. The molecule has 1 rings (SSSR count). The van der Waals surface area contributed by atoms with E-state index in [0.29, 0.717) is 6.54 Å². The van der Waals surface area contributed by atoms with E-state index in [9.17, 15) is 10.1 Å². The Kier molecular flexibility index (Phi) is 5.83. The van der Waals surface area contributed by atoms with Crippen LogP contribution in [0.4, 0.5) is 5.69 Å². The molecule has 0 amide bonds. The molecule has 0 aliphatic rings. The number of rotatable bonds is 6. The molecule has 4 nitrogen and oxygen atoms in total. The van der Waals surface area contributed by atoms with Crippen molar-refractivity contribution in [1.29, 1.82) is 0 Å². The fourth-order valence-electron chi connectivity index (χ4n) is 1.56. The standard InChI is InChI=1S/C13H15BrN2O2/c1-3-5-11(4-2)15-9-10-6-7-12(16(17)18)8-13(10)14/h2,6-8,11,15H,3,5,9H2,1H3. The molecule has 5 heteroatoms. The topological polar surface area (TPSA) is 55.2 Å². The zero-order valence-corrected chi connectivity index (χ0v) is 11.7. The van der Waals surface area contributed by atoms with Crippen LogP contribution < -0.4 is 5.32 Å². The van der Waals surface area contributed by atoms with E-state index in [4.69, 9.17) is 6.42 Å². The van der Waals surface area contributed by atoms with Crippen molar-refractivity contribution in [3.63, 3.8) is 0 Å². The van der Waals surface area contributed by atoms with Crippen molar-refractivity contribution in [2.24, 2.45) is 0 Å². The van der Waals surface area contributed by atoms with Gasteiger partial charge >= 0.3 is 0 Å². The number of nitrogens with one attached hydrogen (secondary N) is 1. The van der Waals surface area contributed by atoms with E-state index in [0.717, 1.165) is 22.9 Å². The van der Waals surface area contributed by atoms with Crippen LogP contribution in [0.25, 0.3) is 0 Å². The molecule has 0 aliphatic carbocycles. The zero-order valence-electron chi connectivity index (χ0n) is 10.1. The van der Waals surface area contributed by atoms with Gasteiger partial charge < -0.3 is 0 Å². The molecule has 0 saturated heterocycles. The molecule has 0 aromatic heterocycles. The normalized spacial score (nSPS) is 11.8. The summed E-state index contributed by atoms with van der Waals surface area (Å²) >= 11 is 3.33. The maximum atomic E-state index is 10.6. The van der Waals surface area contributed by atoms with Crippen LogP contribution >= 0.6 is 15.9 Å². The molecule has 0 aliphatic heterocycles. The first-order valence-corrected chi connectivity index (χ1v) is 6.50. The number of terminal acetylenes is 1. The van der Waals surface area contributed by atoms with Crippen LogP contribution in [0.15, 0.2) is 22.7 Å². The van der Waals surface area contributed by atoms with Crippen LogP contribution in [0.2, 0.25) is 0 Å². The van der Waals surface area contributed by atoms with Crippen LogP contribution in [0, 0.1) is 22.5 Å². The summed E-state index contributed by atoms with van der Waals surface area (Å²) in [6.07, 6.45) is 7.35. The molecule has 0 radical (unpaired) electrons. The summed E-state index contributed by atoms with van der Waals surface area (Å²) in [5.41, 5.74) is 1.03. The third-order valence-corrected chi connectivity index (χ3v) is 3.30. The van der Waals surface area contributed by atoms with Gasteiger partial charge in [-0.25, -0.2) is 0 Å². The Labute approximate surface area is 115 Å². The number of nitro groups is 1. The van der Waals surface area contributed by atoms with E-state index >= 15 is 0 Å². The zero-order chi connectivity index (χ0) is 13.5. The molecule has 1 N–H and O–H groups in total. The second kappa shape index (κ2) is 7.14. The predicted octanol–water partition coefficient (Wildman–Crippen LogP) is 3.25. The summed E-state index contributed by atoms with van der Waals surface area (Å²) in [5.74, 6) is 2.69. The largest absolute Gasteiger partial charge is 0.300 e. The first-order valence-electron chi connectivity index (χ1n) is 5.70. The number of non-ortho nitro benzene ring substituents is 1. The molecule has 1 unspecified atom stereocenters. The van der Waals surface area contributed by atoms with Crippen LogP contribution in [0.5, 0.6) is 0 Å². The average molecular weight is 311 g/mol. The Morgan fingerprint density at radius 2 is 2.33 bits per heavy atom. The molecule has 96 valence electrons. The summed E-state index contributed by atoms with van der Waals surface area (Å²) < 4.78 is 0.719. The summed E-state index contributed by atoms with van der Waals surface area (Å²) in [6.45, 7) is 2.67. The minimum absolute atomic E-state index is 0.0390. The summed E-state index contributed by atoms with van der Waals surface area (Å²) in [7, 11) is 0. The van der Waals surface area contributed by atoms with Gasteiger partial charge in [-0.15, -0.1) is 6.42 Å². The summed E-state index contributed by atoms with van der Waals surface area (Å²) in [6, 6.07) is 4.76. The minimum Gasteiger partial charge on any atom is -0.300 e. The molecule has 0 spiro atoms. The second-order valence-electron chi connectivity index (χ2n) is 3.92. The highest BCUT2D eigenvalue weighted by atomic mass is 79.9.